The van der Waals surface area contributed by atoms with E-state index in [0.717, 1.165) is 6.07 Å². The minimum atomic E-state index is -4.51. The molecule has 0 aliphatic carbocycles. The zero-order valence-corrected chi connectivity index (χ0v) is 13.7. The van der Waals surface area contributed by atoms with Crippen LogP contribution in [-0.2, 0) is 27.0 Å². The number of carbonyl (C=O) groups is 1. The van der Waals surface area contributed by atoms with Gasteiger partial charge in [0.1, 0.15) is 5.75 Å². The van der Waals surface area contributed by atoms with Gasteiger partial charge in [-0.2, -0.15) is 13.2 Å². The van der Waals surface area contributed by atoms with Crippen LogP contribution >= 0.6 is 0 Å². The topological polar surface area (TPSA) is 56.8 Å². The van der Waals surface area contributed by atoms with E-state index in [2.05, 4.69) is 5.32 Å². The molecular formula is C16H22F3NO4. The molecular weight excluding hydrogens is 327 g/mol. The predicted octanol–water partition coefficient (Wildman–Crippen LogP) is 2.77. The molecule has 8 heteroatoms. The summed E-state index contributed by atoms with van der Waals surface area (Å²) in [5, 5.41) is 2.49. The summed E-state index contributed by atoms with van der Waals surface area (Å²) in [4.78, 5) is 11.7. The van der Waals surface area contributed by atoms with Crippen molar-refractivity contribution in [2.45, 2.75) is 25.6 Å². The van der Waals surface area contributed by atoms with Gasteiger partial charge < -0.3 is 19.5 Å². The first-order chi connectivity index (χ1) is 11.4. The maximum Gasteiger partial charge on any atom is 0.416 e. The Labute approximate surface area is 139 Å². The number of methoxy groups -OCH3 is 2. The fourth-order valence-corrected chi connectivity index (χ4v) is 1.96. The normalized spacial score (nSPS) is 11.4. The molecule has 24 heavy (non-hydrogen) atoms. The van der Waals surface area contributed by atoms with Gasteiger partial charge >= 0.3 is 6.18 Å². The number of alkyl halides is 3. The van der Waals surface area contributed by atoms with Crippen molar-refractivity contribution in [2.24, 2.45) is 0 Å². The molecule has 1 aromatic carbocycles. The van der Waals surface area contributed by atoms with Crippen LogP contribution in [0.1, 0.15) is 24.0 Å². The molecule has 0 unspecified atom stereocenters. The number of hydrogen-bond acceptors (Lipinski definition) is 4. The average Bonchev–Trinajstić information content (AvgIpc) is 2.55. The van der Waals surface area contributed by atoms with Gasteiger partial charge in [-0.05, 0) is 24.1 Å². The maximum absolute atomic E-state index is 13.0. The van der Waals surface area contributed by atoms with Crippen LogP contribution in [0.4, 0.5) is 13.2 Å². The second-order valence-corrected chi connectivity index (χ2v) is 5.01. The average molecular weight is 349 g/mol. The monoisotopic (exact) mass is 349 g/mol. The third-order valence-corrected chi connectivity index (χ3v) is 3.22. The number of benzene rings is 1. The SMILES string of the molecule is COCCOCCCC(=O)NCc1ccc(OC)cc1C(F)(F)F. The third kappa shape index (κ3) is 7.18. The van der Waals surface area contributed by atoms with Crippen LogP contribution < -0.4 is 10.1 Å². The molecule has 0 bridgehead atoms. The molecule has 0 fully saturated rings. The number of rotatable bonds is 10. The molecule has 0 aliphatic heterocycles. The lowest BCUT2D eigenvalue weighted by Crippen LogP contribution is -2.24. The Kier molecular flexibility index (Phi) is 8.56. The van der Waals surface area contributed by atoms with Crippen LogP contribution in [0.5, 0.6) is 5.75 Å². The maximum atomic E-state index is 13.0. The van der Waals surface area contributed by atoms with E-state index in [1.807, 2.05) is 0 Å². The van der Waals surface area contributed by atoms with Crippen molar-refractivity contribution in [3.8, 4) is 5.75 Å². The van der Waals surface area contributed by atoms with Gasteiger partial charge in [0.15, 0.2) is 0 Å². The summed E-state index contributed by atoms with van der Waals surface area (Å²) in [5.41, 5.74) is -0.821. The number of amides is 1. The summed E-state index contributed by atoms with van der Waals surface area (Å²) in [7, 11) is 2.86. The molecule has 1 amide bonds. The van der Waals surface area contributed by atoms with Crippen LogP contribution in [-0.4, -0.2) is 39.9 Å². The summed E-state index contributed by atoms with van der Waals surface area (Å²) in [6.45, 7) is 1.12. The number of ether oxygens (including phenoxy) is 3. The van der Waals surface area contributed by atoms with E-state index in [9.17, 15) is 18.0 Å². The molecule has 0 aliphatic rings. The van der Waals surface area contributed by atoms with Gasteiger partial charge in [0.2, 0.25) is 5.91 Å². The van der Waals surface area contributed by atoms with Gasteiger partial charge in [-0.3, -0.25) is 4.79 Å². The van der Waals surface area contributed by atoms with E-state index in [1.54, 1.807) is 7.11 Å². The summed E-state index contributed by atoms with van der Waals surface area (Å²) < 4.78 is 54.0. The van der Waals surface area contributed by atoms with Crippen molar-refractivity contribution in [1.29, 1.82) is 0 Å². The van der Waals surface area contributed by atoms with E-state index in [0.29, 0.717) is 26.2 Å². The van der Waals surface area contributed by atoms with Gasteiger partial charge in [-0.15, -0.1) is 0 Å². The second kappa shape index (κ2) is 10.1. The molecule has 1 N–H and O–H groups in total. The predicted molar refractivity (Wildman–Crippen MR) is 81.8 cm³/mol. The Balaban J connectivity index is 2.47. The van der Waals surface area contributed by atoms with Gasteiger partial charge in [-0.1, -0.05) is 6.07 Å². The zero-order chi connectivity index (χ0) is 18.0. The van der Waals surface area contributed by atoms with Crippen LogP contribution in [0.15, 0.2) is 18.2 Å². The highest BCUT2D eigenvalue weighted by atomic mass is 19.4. The van der Waals surface area contributed by atoms with Crippen molar-refractivity contribution in [3.05, 3.63) is 29.3 Å². The Hall–Kier alpha value is -1.80. The van der Waals surface area contributed by atoms with Crippen LogP contribution in [0, 0.1) is 0 Å². The molecule has 0 atom stereocenters. The van der Waals surface area contributed by atoms with Crippen LogP contribution in [0.25, 0.3) is 0 Å². The Morgan fingerprint density at radius 3 is 2.54 bits per heavy atom. The minimum absolute atomic E-state index is 0.00649. The minimum Gasteiger partial charge on any atom is -0.497 e. The summed E-state index contributed by atoms with van der Waals surface area (Å²) in [6.07, 6.45) is -3.83. The molecule has 136 valence electrons. The molecule has 0 saturated heterocycles. The van der Waals surface area contributed by atoms with E-state index >= 15 is 0 Å². The van der Waals surface area contributed by atoms with Crippen LogP contribution in [0.3, 0.4) is 0 Å². The zero-order valence-electron chi connectivity index (χ0n) is 13.7. The number of halogens is 3. The Morgan fingerprint density at radius 2 is 1.92 bits per heavy atom. The highest BCUT2D eigenvalue weighted by Crippen LogP contribution is 2.34. The first-order valence-corrected chi connectivity index (χ1v) is 7.46. The molecule has 1 rings (SSSR count). The van der Waals surface area contributed by atoms with Gasteiger partial charge in [-0.25, -0.2) is 0 Å². The first-order valence-electron chi connectivity index (χ1n) is 7.46. The lowest BCUT2D eigenvalue weighted by molar-refractivity contribution is -0.138. The third-order valence-electron chi connectivity index (χ3n) is 3.22. The molecule has 0 radical (unpaired) electrons. The second-order valence-electron chi connectivity index (χ2n) is 5.01. The fourth-order valence-electron chi connectivity index (χ4n) is 1.96. The van der Waals surface area contributed by atoms with Gasteiger partial charge in [0.25, 0.3) is 0 Å². The Morgan fingerprint density at radius 1 is 1.17 bits per heavy atom. The summed E-state index contributed by atoms with van der Waals surface area (Å²) >= 11 is 0. The highest BCUT2D eigenvalue weighted by Gasteiger charge is 2.33. The van der Waals surface area contributed by atoms with Gasteiger partial charge in [0.05, 0.1) is 25.9 Å². The van der Waals surface area contributed by atoms with Crippen molar-refractivity contribution < 1.29 is 32.2 Å². The first kappa shape index (κ1) is 20.2. The van der Waals surface area contributed by atoms with Crippen molar-refractivity contribution in [1.82, 2.24) is 5.32 Å². The smallest absolute Gasteiger partial charge is 0.416 e. The van der Waals surface area contributed by atoms with E-state index < -0.39 is 11.7 Å². The Bertz CT molecular complexity index is 521. The number of hydrogen-bond donors (Lipinski definition) is 1. The lowest BCUT2D eigenvalue weighted by Gasteiger charge is -2.15. The van der Waals surface area contributed by atoms with Crippen molar-refractivity contribution in [3.63, 3.8) is 0 Å². The van der Waals surface area contributed by atoms with Crippen molar-refractivity contribution in [2.75, 3.05) is 34.0 Å². The fraction of sp³-hybridized carbons (Fsp3) is 0.562. The molecule has 5 nitrogen and oxygen atoms in total. The molecule has 0 aromatic heterocycles. The number of nitrogens with one attached hydrogen (secondary N) is 1. The van der Waals surface area contributed by atoms with E-state index in [-0.39, 0.29) is 30.2 Å². The summed E-state index contributed by atoms with van der Waals surface area (Å²) in [5.74, 6) is -0.208. The molecule has 1 aromatic rings. The highest BCUT2D eigenvalue weighted by molar-refractivity contribution is 5.75. The largest absolute Gasteiger partial charge is 0.497 e. The standard InChI is InChI=1S/C16H22F3NO4/c1-22-8-9-24-7-3-4-15(21)20-11-12-5-6-13(23-2)10-14(12)16(17,18)19/h5-6,10H,3-4,7-9,11H2,1-2H3,(H,20,21). The van der Waals surface area contributed by atoms with E-state index in [1.165, 1.54) is 19.2 Å². The van der Waals surface area contributed by atoms with Crippen molar-refractivity contribution >= 4 is 5.91 Å². The molecule has 0 spiro atoms. The lowest BCUT2D eigenvalue weighted by atomic mass is 10.1. The van der Waals surface area contributed by atoms with Gasteiger partial charge in [0, 0.05) is 26.7 Å². The van der Waals surface area contributed by atoms with E-state index in [4.69, 9.17) is 14.2 Å². The quantitative estimate of drug-likeness (QED) is 0.660. The number of carbonyl (C=O) groups excluding carboxylic acids is 1. The molecule has 0 heterocycles. The summed E-state index contributed by atoms with van der Waals surface area (Å²) in [6, 6.07) is 3.65. The molecule has 0 saturated carbocycles. The van der Waals surface area contributed by atoms with Crippen LogP contribution in [0.2, 0.25) is 0 Å².